The quantitative estimate of drug-likeness (QED) is 0.232. The standard InChI is InChI=1S/C35H26/c1-35(2)31-22-11-10-15-24(31)29-20-12-21-30(34(29)35)33-27-18-8-6-16-25(27)32(23-13-4-3-5-14-23)26-17-7-9-19-28(26)33/h3-22H,1-2H3. The van der Waals surface area contributed by atoms with Gasteiger partial charge in [0.1, 0.15) is 0 Å². The fraction of sp³-hybridized carbons (Fsp3) is 0.0857. The van der Waals surface area contributed by atoms with Crippen LogP contribution in [0.4, 0.5) is 0 Å². The predicted octanol–water partition coefficient (Wildman–Crippen LogP) is 9.63. The van der Waals surface area contributed by atoms with Gasteiger partial charge in [0.2, 0.25) is 0 Å². The van der Waals surface area contributed by atoms with Crippen molar-refractivity contribution < 1.29 is 0 Å². The molecule has 0 aromatic heterocycles. The minimum atomic E-state index is -0.0666. The van der Waals surface area contributed by atoms with Gasteiger partial charge in [-0.25, -0.2) is 0 Å². The van der Waals surface area contributed by atoms with Crippen molar-refractivity contribution in [1.29, 1.82) is 0 Å². The molecule has 0 heteroatoms. The third kappa shape index (κ3) is 2.80. The Morgan fingerprint density at radius 2 is 0.886 bits per heavy atom. The van der Waals surface area contributed by atoms with E-state index in [9.17, 15) is 0 Å². The molecule has 0 bridgehead atoms. The molecule has 35 heavy (non-hydrogen) atoms. The fourth-order valence-corrected chi connectivity index (χ4v) is 6.39. The summed E-state index contributed by atoms with van der Waals surface area (Å²) >= 11 is 0. The van der Waals surface area contributed by atoms with E-state index < -0.39 is 0 Å². The zero-order chi connectivity index (χ0) is 23.6. The smallest absolute Gasteiger partial charge is 0.0165 e. The summed E-state index contributed by atoms with van der Waals surface area (Å²) in [6, 6.07) is 44.5. The highest BCUT2D eigenvalue weighted by Gasteiger charge is 2.37. The molecular formula is C35H26. The third-order valence-electron chi connectivity index (χ3n) is 7.84. The normalized spacial score (nSPS) is 13.7. The number of benzene rings is 6. The molecule has 0 radical (unpaired) electrons. The first-order valence-corrected chi connectivity index (χ1v) is 12.4. The molecule has 166 valence electrons. The van der Waals surface area contributed by atoms with Crippen LogP contribution in [0, 0.1) is 0 Å². The maximum atomic E-state index is 2.38. The minimum absolute atomic E-state index is 0.0666. The Bertz CT molecular complexity index is 1700. The second kappa shape index (κ2) is 7.42. The number of rotatable bonds is 2. The Balaban J connectivity index is 1.66. The van der Waals surface area contributed by atoms with Crippen LogP contribution in [0.25, 0.3) is 54.9 Å². The van der Waals surface area contributed by atoms with Crippen LogP contribution >= 0.6 is 0 Å². The second-order valence-corrected chi connectivity index (χ2v) is 10.1. The molecule has 0 saturated heterocycles. The van der Waals surface area contributed by atoms with Crippen molar-refractivity contribution in [2.75, 3.05) is 0 Å². The lowest BCUT2D eigenvalue weighted by molar-refractivity contribution is 0.662. The van der Waals surface area contributed by atoms with E-state index in [2.05, 4.69) is 135 Å². The summed E-state index contributed by atoms with van der Waals surface area (Å²) in [7, 11) is 0. The molecule has 6 aromatic rings. The SMILES string of the molecule is CC1(C)c2ccccc2-c2cccc(-c3c4ccccc4c(-c4ccccc4)c4ccccc34)c21. The Labute approximate surface area is 206 Å². The minimum Gasteiger partial charge on any atom is -0.0622 e. The highest BCUT2D eigenvalue weighted by atomic mass is 14.4. The van der Waals surface area contributed by atoms with E-state index in [1.807, 2.05) is 0 Å². The predicted molar refractivity (Wildman–Crippen MR) is 150 cm³/mol. The van der Waals surface area contributed by atoms with Crippen LogP contribution in [-0.2, 0) is 5.41 Å². The summed E-state index contributed by atoms with van der Waals surface area (Å²) in [4.78, 5) is 0. The summed E-state index contributed by atoms with van der Waals surface area (Å²) in [5, 5.41) is 5.23. The van der Waals surface area contributed by atoms with Gasteiger partial charge in [-0.05, 0) is 66.1 Å². The van der Waals surface area contributed by atoms with Crippen LogP contribution in [0.5, 0.6) is 0 Å². The van der Waals surface area contributed by atoms with Gasteiger partial charge in [0.15, 0.2) is 0 Å². The van der Waals surface area contributed by atoms with Crippen LogP contribution in [-0.4, -0.2) is 0 Å². The molecule has 0 unspecified atom stereocenters. The highest BCUT2D eigenvalue weighted by molar-refractivity contribution is 6.22. The van der Waals surface area contributed by atoms with E-state index in [0.29, 0.717) is 0 Å². The van der Waals surface area contributed by atoms with Crippen LogP contribution < -0.4 is 0 Å². The summed E-state index contributed by atoms with van der Waals surface area (Å²) in [6.45, 7) is 4.76. The lowest BCUT2D eigenvalue weighted by Crippen LogP contribution is -2.16. The molecule has 7 rings (SSSR count). The highest BCUT2D eigenvalue weighted by Crippen LogP contribution is 2.54. The number of hydrogen-bond acceptors (Lipinski definition) is 0. The largest absolute Gasteiger partial charge is 0.0622 e. The van der Waals surface area contributed by atoms with Crippen LogP contribution in [0.1, 0.15) is 25.0 Å². The first kappa shape index (κ1) is 20.2. The van der Waals surface area contributed by atoms with E-state index in [0.717, 1.165) is 0 Å². The van der Waals surface area contributed by atoms with Gasteiger partial charge in [0, 0.05) is 5.41 Å². The van der Waals surface area contributed by atoms with Gasteiger partial charge < -0.3 is 0 Å². The van der Waals surface area contributed by atoms with Gasteiger partial charge in [0.25, 0.3) is 0 Å². The Morgan fingerprint density at radius 1 is 0.400 bits per heavy atom. The third-order valence-corrected chi connectivity index (χ3v) is 7.84. The van der Waals surface area contributed by atoms with Crippen molar-refractivity contribution >= 4 is 21.5 Å². The van der Waals surface area contributed by atoms with E-state index in [4.69, 9.17) is 0 Å². The number of hydrogen-bond donors (Lipinski definition) is 0. The van der Waals surface area contributed by atoms with Crippen molar-refractivity contribution in [3.8, 4) is 33.4 Å². The maximum absolute atomic E-state index is 2.38. The molecule has 0 aliphatic heterocycles. The van der Waals surface area contributed by atoms with E-state index >= 15 is 0 Å². The van der Waals surface area contributed by atoms with Crippen molar-refractivity contribution in [3.05, 3.63) is 132 Å². The molecule has 0 spiro atoms. The van der Waals surface area contributed by atoms with E-state index in [1.165, 1.54) is 66.1 Å². The molecule has 0 saturated carbocycles. The van der Waals surface area contributed by atoms with Gasteiger partial charge in [-0.3, -0.25) is 0 Å². The Hall–Kier alpha value is -4.16. The molecule has 0 fully saturated rings. The van der Waals surface area contributed by atoms with Crippen molar-refractivity contribution in [2.24, 2.45) is 0 Å². The van der Waals surface area contributed by atoms with Gasteiger partial charge in [-0.1, -0.05) is 135 Å². The van der Waals surface area contributed by atoms with Crippen molar-refractivity contribution in [1.82, 2.24) is 0 Å². The topological polar surface area (TPSA) is 0 Å². The molecule has 1 aliphatic rings. The first-order chi connectivity index (χ1) is 17.2. The molecule has 6 aromatic carbocycles. The lowest BCUT2D eigenvalue weighted by Gasteiger charge is -2.26. The zero-order valence-corrected chi connectivity index (χ0v) is 20.0. The molecule has 0 nitrogen and oxygen atoms in total. The Kier molecular flexibility index (Phi) is 4.29. The van der Waals surface area contributed by atoms with E-state index in [1.54, 1.807) is 0 Å². The van der Waals surface area contributed by atoms with Gasteiger partial charge in [0.05, 0.1) is 0 Å². The molecule has 0 amide bonds. The van der Waals surface area contributed by atoms with Crippen molar-refractivity contribution in [2.45, 2.75) is 19.3 Å². The van der Waals surface area contributed by atoms with Crippen LogP contribution in [0.2, 0.25) is 0 Å². The summed E-state index contributed by atoms with van der Waals surface area (Å²) in [5.74, 6) is 0. The van der Waals surface area contributed by atoms with Crippen LogP contribution in [0.3, 0.4) is 0 Å². The van der Waals surface area contributed by atoms with Gasteiger partial charge >= 0.3 is 0 Å². The molecule has 0 atom stereocenters. The monoisotopic (exact) mass is 446 g/mol. The molecular weight excluding hydrogens is 420 g/mol. The van der Waals surface area contributed by atoms with E-state index in [-0.39, 0.29) is 5.41 Å². The molecule has 1 aliphatic carbocycles. The van der Waals surface area contributed by atoms with Gasteiger partial charge in [-0.15, -0.1) is 0 Å². The Morgan fingerprint density at radius 3 is 1.54 bits per heavy atom. The molecule has 0 heterocycles. The molecule has 0 N–H and O–H groups in total. The average Bonchev–Trinajstić information content (AvgIpc) is 3.15. The summed E-state index contributed by atoms with van der Waals surface area (Å²) in [5.41, 5.74) is 10.8. The maximum Gasteiger partial charge on any atom is 0.0165 e. The first-order valence-electron chi connectivity index (χ1n) is 12.4. The zero-order valence-electron chi connectivity index (χ0n) is 20.0. The van der Waals surface area contributed by atoms with Gasteiger partial charge in [-0.2, -0.15) is 0 Å². The summed E-state index contributed by atoms with van der Waals surface area (Å²) in [6.07, 6.45) is 0. The summed E-state index contributed by atoms with van der Waals surface area (Å²) < 4.78 is 0. The fourth-order valence-electron chi connectivity index (χ4n) is 6.39. The number of fused-ring (bicyclic) bond motifs is 5. The second-order valence-electron chi connectivity index (χ2n) is 10.1. The average molecular weight is 447 g/mol. The van der Waals surface area contributed by atoms with Crippen LogP contribution in [0.15, 0.2) is 121 Å². The lowest BCUT2D eigenvalue weighted by atomic mass is 9.77. The van der Waals surface area contributed by atoms with Crippen molar-refractivity contribution in [3.63, 3.8) is 0 Å².